The van der Waals surface area contributed by atoms with E-state index in [9.17, 15) is 4.79 Å². The summed E-state index contributed by atoms with van der Waals surface area (Å²) in [6.07, 6.45) is 6.63. The summed E-state index contributed by atoms with van der Waals surface area (Å²) in [5, 5.41) is 2.98. The first-order valence-electron chi connectivity index (χ1n) is 7.25. The highest BCUT2D eigenvalue weighted by molar-refractivity contribution is 5.79. The summed E-state index contributed by atoms with van der Waals surface area (Å²) in [4.78, 5) is 13.5. The first-order chi connectivity index (χ1) is 8.60. The smallest absolute Gasteiger partial charge is 0.234 e. The van der Waals surface area contributed by atoms with E-state index in [1.54, 1.807) is 7.05 Å². The van der Waals surface area contributed by atoms with E-state index >= 15 is 0 Å². The molecule has 0 aliphatic heterocycles. The largest absolute Gasteiger partial charge is 0.368 e. The van der Waals surface area contributed by atoms with E-state index in [1.807, 2.05) is 0 Å². The molecule has 104 valence electrons. The van der Waals surface area contributed by atoms with Crippen LogP contribution in [-0.2, 0) is 4.79 Å². The van der Waals surface area contributed by atoms with Crippen LogP contribution in [0.2, 0.25) is 0 Å². The number of likely N-dealkylation sites (N-methyl/N-ethyl adjacent to an activating group) is 1. The molecule has 4 unspecified atom stereocenters. The summed E-state index contributed by atoms with van der Waals surface area (Å²) >= 11 is 0. The summed E-state index contributed by atoms with van der Waals surface area (Å²) < 4.78 is 0. The number of nitrogens with two attached hydrogens (primary N) is 1. The number of amides is 1. The molecule has 2 fully saturated rings. The fourth-order valence-corrected chi connectivity index (χ4v) is 3.87. The van der Waals surface area contributed by atoms with Gasteiger partial charge in [0.1, 0.15) is 0 Å². The lowest BCUT2D eigenvalue weighted by molar-refractivity contribution is -0.120. The van der Waals surface area contributed by atoms with Crippen LogP contribution in [-0.4, -0.2) is 44.0 Å². The van der Waals surface area contributed by atoms with Crippen molar-refractivity contribution in [1.82, 2.24) is 10.2 Å². The summed E-state index contributed by atoms with van der Waals surface area (Å²) in [6.45, 7) is 2.14. The molecule has 0 aromatic heterocycles. The van der Waals surface area contributed by atoms with Gasteiger partial charge in [-0.1, -0.05) is 6.42 Å². The molecule has 2 bridgehead atoms. The molecule has 2 aliphatic carbocycles. The number of nitrogens with one attached hydrogen (secondary N) is 1. The van der Waals surface area contributed by atoms with Crippen LogP contribution in [0.25, 0.3) is 0 Å². The molecular weight excluding hydrogens is 226 g/mol. The van der Waals surface area contributed by atoms with Crippen LogP contribution < -0.4 is 11.1 Å². The average molecular weight is 253 g/mol. The van der Waals surface area contributed by atoms with Crippen molar-refractivity contribution in [2.45, 2.75) is 38.1 Å². The molecule has 2 saturated carbocycles. The lowest BCUT2D eigenvalue weighted by atomic mass is 9.88. The highest BCUT2D eigenvalue weighted by atomic mass is 16.1. The summed E-state index contributed by atoms with van der Waals surface area (Å²) in [6, 6.07) is -0.188. The topological polar surface area (TPSA) is 58.4 Å². The van der Waals surface area contributed by atoms with E-state index in [4.69, 9.17) is 5.73 Å². The van der Waals surface area contributed by atoms with Crippen LogP contribution in [0.4, 0.5) is 0 Å². The summed E-state index contributed by atoms with van der Waals surface area (Å²) in [5.74, 6) is 2.65. The number of fused-ring (bicyclic) bond motifs is 2. The first kappa shape index (κ1) is 13.8. The first-order valence-corrected chi connectivity index (χ1v) is 7.25. The zero-order valence-electron chi connectivity index (χ0n) is 11.7. The maximum absolute atomic E-state index is 11.1. The van der Waals surface area contributed by atoms with Gasteiger partial charge in [0.2, 0.25) is 5.91 Å². The van der Waals surface area contributed by atoms with Crippen molar-refractivity contribution in [3.8, 4) is 0 Å². The van der Waals surface area contributed by atoms with Crippen molar-refractivity contribution in [2.24, 2.45) is 23.5 Å². The van der Waals surface area contributed by atoms with Crippen molar-refractivity contribution in [3.05, 3.63) is 0 Å². The Bertz CT molecular complexity index is 295. The monoisotopic (exact) mass is 253 g/mol. The molecule has 18 heavy (non-hydrogen) atoms. The molecule has 0 spiro atoms. The number of hydrogen-bond donors (Lipinski definition) is 2. The SMILES string of the molecule is CNC(CCN(C)CC1CC2CCC1C2)C(N)=O. The summed E-state index contributed by atoms with van der Waals surface area (Å²) in [5.41, 5.74) is 5.33. The summed E-state index contributed by atoms with van der Waals surface area (Å²) in [7, 11) is 3.96. The van der Waals surface area contributed by atoms with Crippen LogP contribution in [0.15, 0.2) is 0 Å². The molecule has 4 atom stereocenters. The van der Waals surface area contributed by atoms with Crippen LogP contribution in [0.1, 0.15) is 32.1 Å². The Kier molecular flexibility index (Phi) is 4.62. The highest BCUT2D eigenvalue weighted by Crippen LogP contribution is 2.48. The van der Waals surface area contributed by atoms with Gasteiger partial charge in [0.05, 0.1) is 6.04 Å². The Hall–Kier alpha value is -0.610. The lowest BCUT2D eigenvalue weighted by Crippen LogP contribution is -2.42. The molecular formula is C14H27N3O. The molecule has 0 saturated heterocycles. The third kappa shape index (κ3) is 3.23. The second kappa shape index (κ2) is 6.02. The predicted molar refractivity (Wildman–Crippen MR) is 73.1 cm³/mol. The zero-order chi connectivity index (χ0) is 13.1. The fraction of sp³-hybridized carbons (Fsp3) is 0.929. The normalized spacial score (nSPS) is 32.1. The van der Waals surface area contributed by atoms with Crippen molar-refractivity contribution >= 4 is 5.91 Å². The molecule has 0 radical (unpaired) electrons. The molecule has 4 heteroatoms. The number of primary amides is 1. The Balaban J connectivity index is 1.69. The predicted octanol–water partition coefficient (Wildman–Crippen LogP) is 0.818. The van der Waals surface area contributed by atoms with Gasteiger partial charge in [-0.2, -0.15) is 0 Å². The molecule has 0 aromatic carbocycles. The minimum absolute atomic E-state index is 0.188. The minimum Gasteiger partial charge on any atom is -0.368 e. The number of carbonyl (C=O) groups excluding carboxylic acids is 1. The molecule has 0 heterocycles. The van der Waals surface area contributed by atoms with Gasteiger partial charge in [-0.3, -0.25) is 4.79 Å². The van der Waals surface area contributed by atoms with Gasteiger partial charge in [0, 0.05) is 6.54 Å². The standard InChI is InChI=1S/C14H27N3O/c1-16-13(14(15)18)5-6-17(2)9-12-8-10-3-4-11(12)7-10/h10-13,16H,3-9H2,1-2H3,(H2,15,18). The molecule has 4 nitrogen and oxygen atoms in total. The van der Waals surface area contributed by atoms with Crippen LogP contribution >= 0.6 is 0 Å². The van der Waals surface area contributed by atoms with Crippen LogP contribution in [0.3, 0.4) is 0 Å². The van der Waals surface area contributed by atoms with Gasteiger partial charge in [-0.15, -0.1) is 0 Å². The second-order valence-corrected chi connectivity index (χ2v) is 6.23. The van der Waals surface area contributed by atoms with E-state index in [2.05, 4.69) is 17.3 Å². The second-order valence-electron chi connectivity index (χ2n) is 6.23. The molecule has 2 rings (SSSR count). The maximum atomic E-state index is 11.1. The van der Waals surface area contributed by atoms with Crippen molar-refractivity contribution in [1.29, 1.82) is 0 Å². The van der Waals surface area contributed by atoms with Gasteiger partial charge < -0.3 is 16.0 Å². The third-order valence-corrected chi connectivity index (χ3v) is 4.92. The number of carbonyl (C=O) groups is 1. The Morgan fingerprint density at radius 3 is 2.72 bits per heavy atom. The van der Waals surface area contributed by atoms with Crippen molar-refractivity contribution in [3.63, 3.8) is 0 Å². The van der Waals surface area contributed by atoms with Gasteiger partial charge >= 0.3 is 0 Å². The Morgan fingerprint density at radius 1 is 1.44 bits per heavy atom. The van der Waals surface area contributed by atoms with E-state index in [0.717, 1.165) is 30.7 Å². The maximum Gasteiger partial charge on any atom is 0.234 e. The third-order valence-electron chi connectivity index (χ3n) is 4.92. The Labute approximate surface area is 110 Å². The highest BCUT2D eigenvalue weighted by Gasteiger charge is 2.39. The molecule has 2 aliphatic rings. The quantitative estimate of drug-likeness (QED) is 0.706. The minimum atomic E-state index is -0.245. The van der Waals surface area contributed by atoms with E-state index < -0.39 is 0 Å². The van der Waals surface area contributed by atoms with E-state index in [1.165, 1.54) is 32.2 Å². The Morgan fingerprint density at radius 2 is 2.22 bits per heavy atom. The molecule has 1 amide bonds. The van der Waals surface area contributed by atoms with Crippen molar-refractivity contribution in [2.75, 3.05) is 27.2 Å². The van der Waals surface area contributed by atoms with Crippen molar-refractivity contribution < 1.29 is 4.79 Å². The molecule has 3 N–H and O–H groups in total. The lowest BCUT2D eigenvalue weighted by Gasteiger charge is -2.27. The average Bonchev–Trinajstić information content (AvgIpc) is 2.91. The zero-order valence-corrected chi connectivity index (χ0v) is 11.7. The number of hydrogen-bond acceptors (Lipinski definition) is 3. The van der Waals surface area contributed by atoms with E-state index in [-0.39, 0.29) is 11.9 Å². The van der Waals surface area contributed by atoms with Gasteiger partial charge in [-0.25, -0.2) is 0 Å². The number of rotatable bonds is 7. The number of nitrogens with zero attached hydrogens (tertiary/aromatic N) is 1. The van der Waals surface area contributed by atoms with E-state index in [0.29, 0.717) is 0 Å². The van der Waals surface area contributed by atoms with Crippen LogP contribution in [0, 0.1) is 17.8 Å². The van der Waals surface area contributed by atoms with Gasteiger partial charge in [0.25, 0.3) is 0 Å². The van der Waals surface area contributed by atoms with Gasteiger partial charge in [-0.05, 0) is 64.1 Å². The van der Waals surface area contributed by atoms with Crippen LogP contribution in [0.5, 0.6) is 0 Å². The molecule has 0 aromatic rings. The fourth-order valence-electron chi connectivity index (χ4n) is 3.87. The van der Waals surface area contributed by atoms with Gasteiger partial charge in [0.15, 0.2) is 0 Å².